The van der Waals surface area contributed by atoms with Gasteiger partial charge in [-0.05, 0) is 41.7 Å². The molecule has 0 spiro atoms. The fourth-order valence-corrected chi connectivity index (χ4v) is 2.93. The number of carboxylic acid groups (broad SMARTS) is 1. The third kappa shape index (κ3) is 3.96. The Morgan fingerprint density at radius 1 is 1.00 bits per heavy atom. The van der Waals surface area contributed by atoms with Crippen LogP contribution in [0.1, 0.15) is 28.8 Å². The molecule has 120 valence electrons. The zero-order valence-electron chi connectivity index (χ0n) is 12.9. The highest BCUT2D eigenvalue weighted by Crippen LogP contribution is 2.22. The Morgan fingerprint density at radius 2 is 1.52 bits per heavy atom. The summed E-state index contributed by atoms with van der Waals surface area (Å²) in [6.07, 6.45) is 0.629. The predicted molar refractivity (Wildman–Crippen MR) is 88.2 cm³/mol. The Morgan fingerprint density at radius 3 is 2.04 bits per heavy atom. The standard InChI is InChI=1S/C19H20FNO2/c20-18-9-11-21(12-10-18)13-14-1-3-15(4-2-14)16-5-7-17(8-6-16)19(22)23/h1-8,18H,9-13H2,(H,22,23). The molecule has 0 unspecified atom stereocenters. The number of carbonyl (C=O) groups is 1. The molecule has 3 rings (SSSR count). The van der Waals surface area contributed by atoms with Gasteiger partial charge in [0.25, 0.3) is 0 Å². The lowest BCUT2D eigenvalue weighted by Crippen LogP contribution is -2.33. The van der Waals surface area contributed by atoms with Gasteiger partial charge >= 0.3 is 5.97 Å². The summed E-state index contributed by atoms with van der Waals surface area (Å²) in [5, 5.41) is 8.93. The molecular formula is C19H20FNO2. The van der Waals surface area contributed by atoms with Crippen LogP contribution < -0.4 is 0 Å². The van der Waals surface area contributed by atoms with Gasteiger partial charge in [0.2, 0.25) is 0 Å². The summed E-state index contributed by atoms with van der Waals surface area (Å²) in [5.74, 6) is -0.913. The number of carboxylic acids is 1. The Kier molecular flexibility index (Phi) is 4.72. The normalized spacial score (nSPS) is 16.4. The molecule has 0 atom stereocenters. The highest BCUT2D eigenvalue weighted by atomic mass is 19.1. The average molecular weight is 313 g/mol. The van der Waals surface area contributed by atoms with E-state index in [1.807, 2.05) is 24.3 Å². The highest BCUT2D eigenvalue weighted by Gasteiger charge is 2.18. The van der Waals surface area contributed by atoms with E-state index in [0.717, 1.165) is 30.8 Å². The number of alkyl halides is 1. The molecule has 1 aliphatic heterocycles. The van der Waals surface area contributed by atoms with E-state index in [0.29, 0.717) is 18.4 Å². The van der Waals surface area contributed by atoms with Gasteiger partial charge in [-0.25, -0.2) is 9.18 Å². The summed E-state index contributed by atoms with van der Waals surface area (Å²) in [6, 6.07) is 15.2. The van der Waals surface area contributed by atoms with Gasteiger partial charge in [0.05, 0.1) is 5.56 Å². The monoisotopic (exact) mass is 313 g/mol. The summed E-state index contributed by atoms with van der Waals surface area (Å²) >= 11 is 0. The van der Waals surface area contributed by atoms with E-state index in [9.17, 15) is 9.18 Å². The van der Waals surface area contributed by atoms with E-state index in [1.165, 1.54) is 5.56 Å². The molecule has 3 nitrogen and oxygen atoms in total. The lowest BCUT2D eigenvalue weighted by molar-refractivity contribution is 0.0697. The van der Waals surface area contributed by atoms with Crippen LogP contribution in [0.2, 0.25) is 0 Å². The maximum absolute atomic E-state index is 13.2. The van der Waals surface area contributed by atoms with Crippen LogP contribution in [0.3, 0.4) is 0 Å². The number of halogens is 1. The lowest BCUT2D eigenvalue weighted by Gasteiger charge is -2.28. The van der Waals surface area contributed by atoms with E-state index in [-0.39, 0.29) is 0 Å². The van der Waals surface area contributed by atoms with Crippen molar-refractivity contribution < 1.29 is 14.3 Å². The minimum absolute atomic E-state index is 0.293. The first-order valence-corrected chi connectivity index (χ1v) is 7.91. The minimum atomic E-state index is -0.913. The minimum Gasteiger partial charge on any atom is -0.478 e. The van der Waals surface area contributed by atoms with Crippen LogP contribution in [-0.2, 0) is 6.54 Å². The van der Waals surface area contributed by atoms with Crippen molar-refractivity contribution in [2.75, 3.05) is 13.1 Å². The molecule has 1 heterocycles. The zero-order chi connectivity index (χ0) is 16.2. The Bertz CT molecular complexity index is 659. The summed E-state index contributed by atoms with van der Waals surface area (Å²) in [7, 11) is 0. The Hall–Kier alpha value is -2.20. The summed E-state index contributed by atoms with van der Waals surface area (Å²) < 4.78 is 13.2. The molecule has 0 radical (unpaired) electrons. The van der Waals surface area contributed by atoms with Crippen LogP contribution in [-0.4, -0.2) is 35.2 Å². The van der Waals surface area contributed by atoms with Crippen LogP contribution >= 0.6 is 0 Å². The van der Waals surface area contributed by atoms with Crippen molar-refractivity contribution in [1.82, 2.24) is 4.90 Å². The third-order valence-corrected chi connectivity index (χ3v) is 4.34. The van der Waals surface area contributed by atoms with Crippen molar-refractivity contribution in [1.29, 1.82) is 0 Å². The molecule has 0 amide bonds. The maximum atomic E-state index is 13.2. The van der Waals surface area contributed by atoms with Gasteiger partial charge in [0, 0.05) is 19.6 Å². The molecular weight excluding hydrogens is 293 g/mol. The number of piperidine rings is 1. The fourth-order valence-electron chi connectivity index (χ4n) is 2.93. The lowest BCUT2D eigenvalue weighted by atomic mass is 10.0. The average Bonchev–Trinajstić information content (AvgIpc) is 2.58. The van der Waals surface area contributed by atoms with Gasteiger partial charge in [0.15, 0.2) is 0 Å². The number of hydrogen-bond donors (Lipinski definition) is 1. The van der Waals surface area contributed by atoms with Gasteiger partial charge in [-0.3, -0.25) is 4.90 Å². The Labute approximate surface area is 135 Å². The number of benzene rings is 2. The van der Waals surface area contributed by atoms with Crippen LogP contribution in [0, 0.1) is 0 Å². The predicted octanol–water partition coefficient (Wildman–Crippen LogP) is 3.99. The summed E-state index contributed by atoms with van der Waals surface area (Å²) in [5.41, 5.74) is 3.57. The highest BCUT2D eigenvalue weighted by molar-refractivity contribution is 5.88. The molecule has 0 aliphatic carbocycles. The van der Waals surface area contributed by atoms with Crippen molar-refractivity contribution in [3.05, 3.63) is 59.7 Å². The molecule has 23 heavy (non-hydrogen) atoms. The zero-order valence-corrected chi connectivity index (χ0v) is 12.9. The first kappa shape index (κ1) is 15.7. The topological polar surface area (TPSA) is 40.5 Å². The molecule has 4 heteroatoms. The SMILES string of the molecule is O=C(O)c1ccc(-c2ccc(CN3CCC(F)CC3)cc2)cc1. The first-order valence-electron chi connectivity index (χ1n) is 7.91. The van der Waals surface area contributed by atoms with E-state index >= 15 is 0 Å². The van der Waals surface area contributed by atoms with Gasteiger partial charge in [-0.2, -0.15) is 0 Å². The van der Waals surface area contributed by atoms with Crippen molar-refractivity contribution in [3.63, 3.8) is 0 Å². The molecule has 0 aromatic heterocycles. The molecule has 1 aliphatic rings. The molecule has 0 bridgehead atoms. The first-order chi connectivity index (χ1) is 11.1. The molecule has 1 fully saturated rings. The molecule has 2 aromatic carbocycles. The number of rotatable bonds is 4. The van der Waals surface area contributed by atoms with E-state index in [1.54, 1.807) is 12.1 Å². The van der Waals surface area contributed by atoms with Gasteiger partial charge < -0.3 is 5.11 Å². The second kappa shape index (κ2) is 6.92. The van der Waals surface area contributed by atoms with Gasteiger partial charge in [-0.15, -0.1) is 0 Å². The smallest absolute Gasteiger partial charge is 0.335 e. The van der Waals surface area contributed by atoms with E-state index in [2.05, 4.69) is 17.0 Å². The van der Waals surface area contributed by atoms with Crippen LogP contribution in [0.4, 0.5) is 4.39 Å². The maximum Gasteiger partial charge on any atom is 0.335 e. The van der Waals surface area contributed by atoms with Crippen molar-refractivity contribution >= 4 is 5.97 Å². The van der Waals surface area contributed by atoms with Gasteiger partial charge in [-0.1, -0.05) is 36.4 Å². The van der Waals surface area contributed by atoms with Crippen molar-refractivity contribution in [2.45, 2.75) is 25.6 Å². The fraction of sp³-hybridized carbons (Fsp3) is 0.316. The van der Waals surface area contributed by atoms with E-state index < -0.39 is 12.1 Å². The number of aromatic carboxylic acids is 1. The summed E-state index contributed by atoms with van der Waals surface area (Å²) in [4.78, 5) is 13.2. The molecule has 1 saturated heterocycles. The Balaban J connectivity index is 1.65. The molecule has 2 aromatic rings. The second-order valence-electron chi connectivity index (χ2n) is 6.03. The quantitative estimate of drug-likeness (QED) is 0.928. The number of hydrogen-bond acceptors (Lipinski definition) is 2. The second-order valence-corrected chi connectivity index (χ2v) is 6.03. The summed E-state index contributed by atoms with van der Waals surface area (Å²) in [6.45, 7) is 2.49. The largest absolute Gasteiger partial charge is 0.478 e. The van der Waals surface area contributed by atoms with Crippen LogP contribution in [0.5, 0.6) is 0 Å². The van der Waals surface area contributed by atoms with E-state index in [4.69, 9.17) is 5.11 Å². The molecule has 1 N–H and O–H groups in total. The molecule has 0 saturated carbocycles. The number of nitrogens with zero attached hydrogens (tertiary/aromatic N) is 1. The van der Waals surface area contributed by atoms with Crippen molar-refractivity contribution in [3.8, 4) is 11.1 Å². The number of likely N-dealkylation sites (tertiary alicyclic amines) is 1. The van der Waals surface area contributed by atoms with Crippen LogP contribution in [0.15, 0.2) is 48.5 Å². The third-order valence-electron chi connectivity index (χ3n) is 4.34. The van der Waals surface area contributed by atoms with Crippen molar-refractivity contribution in [2.24, 2.45) is 0 Å². The van der Waals surface area contributed by atoms with Crippen LogP contribution in [0.25, 0.3) is 11.1 Å². The van der Waals surface area contributed by atoms with Gasteiger partial charge in [0.1, 0.15) is 6.17 Å².